The average molecular weight is 240 g/mol. The molecule has 0 aliphatic carbocycles. The van der Waals surface area contributed by atoms with Crippen molar-refractivity contribution in [2.75, 3.05) is 31.8 Å². The maximum Gasteiger partial charge on any atom is 0.322 e. The lowest BCUT2D eigenvalue weighted by molar-refractivity contribution is -0.121. The Kier molecular flexibility index (Phi) is 4.44. The highest BCUT2D eigenvalue weighted by molar-refractivity contribution is 5.83. The number of nitrogens with one attached hydrogen (secondary N) is 3. The number of anilines is 2. The Morgan fingerprint density at radius 2 is 1.88 bits per heavy atom. The van der Waals surface area contributed by atoms with Gasteiger partial charge in [-0.25, -0.2) is 0 Å². The fraction of sp³-hybridized carbons (Fsp3) is 0.556. The van der Waals surface area contributed by atoms with E-state index in [2.05, 4.69) is 30.9 Å². The predicted octanol–water partition coefficient (Wildman–Crippen LogP) is -0.532. The fourth-order valence-electron chi connectivity index (χ4n) is 1.10. The van der Waals surface area contributed by atoms with E-state index < -0.39 is 6.04 Å². The van der Waals surface area contributed by atoms with E-state index in [0.717, 1.165) is 0 Å². The van der Waals surface area contributed by atoms with E-state index in [1.54, 1.807) is 21.0 Å². The number of carbonyl (C=O) groups is 1. The predicted molar refractivity (Wildman–Crippen MR) is 63.1 cm³/mol. The minimum Gasteiger partial charge on any atom is -0.467 e. The second kappa shape index (κ2) is 5.83. The summed E-state index contributed by atoms with van der Waals surface area (Å²) in [6.45, 7) is 1.70. The van der Waals surface area contributed by atoms with Gasteiger partial charge in [-0.3, -0.25) is 4.79 Å². The minimum absolute atomic E-state index is 0.157. The molecule has 8 nitrogen and oxygen atoms in total. The number of hydrogen-bond acceptors (Lipinski definition) is 7. The van der Waals surface area contributed by atoms with Crippen LogP contribution >= 0.6 is 0 Å². The summed E-state index contributed by atoms with van der Waals surface area (Å²) in [6.07, 6.45) is 0. The number of hydrogen-bond donors (Lipinski definition) is 3. The topological polar surface area (TPSA) is 101 Å². The van der Waals surface area contributed by atoms with Gasteiger partial charge in [-0.15, -0.1) is 0 Å². The molecule has 1 amide bonds. The van der Waals surface area contributed by atoms with Crippen LogP contribution in [0.25, 0.3) is 0 Å². The van der Waals surface area contributed by atoms with Crippen LogP contribution in [-0.4, -0.2) is 48.1 Å². The average Bonchev–Trinajstić information content (AvgIpc) is 2.36. The summed E-state index contributed by atoms with van der Waals surface area (Å²) in [5.41, 5.74) is 0. The summed E-state index contributed by atoms with van der Waals surface area (Å²) in [5.74, 6) is 0.483. The Labute approximate surface area is 99.2 Å². The number of aromatic nitrogens is 3. The van der Waals surface area contributed by atoms with Crippen molar-refractivity contribution in [1.29, 1.82) is 0 Å². The van der Waals surface area contributed by atoms with Crippen LogP contribution in [0.4, 0.5) is 11.9 Å². The Morgan fingerprint density at radius 3 is 2.41 bits per heavy atom. The zero-order valence-corrected chi connectivity index (χ0v) is 10.2. The van der Waals surface area contributed by atoms with Crippen molar-refractivity contribution in [3.63, 3.8) is 0 Å². The van der Waals surface area contributed by atoms with Gasteiger partial charge >= 0.3 is 6.01 Å². The van der Waals surface area contributed by atoms with Gasteiger partial charge in [0.05, 0.1) is 7.11 Å². The number of carbonyl (C=O) groups excluding carboxylic acids is 1. The smallest absolute Gasteiger partial charge is 0.322 e. The third-order valence-corrected chi connectivity index (χ3v) is 2.01. The van der Waals surface area contributed by atoms with Crippen molar-refractivity contribution in [2.45, 2.75) is 13.0 Å². The van der Waals surface area contributed by atoms with E-state index in [9.17, 15) is 4.79 Å². The van der Waals surface area contributed by atoms with Crippen LogP contribution < -0.4 is 20.7 Å². The molecular formula is C9H16N6O2. The molecule has 0 radical (unpaired) electrons. The molecule has 0 saturated carbocycles. The van der Waals surface area contributed by atoms with Crippen molar-refractivity contribution >= 4 is 17.8 Å². The summed E-state index contributed by atoms with van der Waals surface area (Å²) in [4.78, 5) is 23.3. The van der Waals surface area contributed by atoms with E-state index in [-0.39, 0.29) is 17.9 Å². The van der Waals surface area contributed by atoms with E-state index in [1.807, 2.05) is 0 Å². The molecule has 1 unspecified atom stereocenters. The van der Waals surface area contributed by atoms with Gasteiger partial charge in [-0.05, 0) is 6.92 Å². The van der Waals surface area contributed by atoms with E-state index in [0.29, 0.717) is 5.95 Å². The molecule has 3 N–H and O–H groups in total. The Morgan fingerprint density at radius 1 is 1.24 bits per heavy atom. The van der Waals surface area contributed by atoms with E-state index in [4.69, 9.17) is 4.74 Å². The number of rotatable bonds is 5. The van der Waals surface area contributed by atoms with Crippen LogP contribution in [0.5, 0.6) is 6.01 Å². The monoisotopic (exact) mass is 240 g/mol. The molecule has 1 heterocycles. The maximum absolute atomic E-state index is 11.3. The minimum atomic E-state index is -0.447. The zero-order valence-electron chi connectivity index (χ0n) is 10.2. The third kappa shape index (κ3) is 3.44. The second-order valence-corrected chi connectivity index (χ2v) is 3.20. The van der Waals surface area contributed by atoms with Crippen LogP contribution in [0.1, 0.15) is 6.92 Å². The lowest BCUT2D eigenvalue weighted by atomic mass is 10.3. The van der Waals surface area contributed by atoms with Gasteiger partial charge in [0, 0.05) is 14.1 Å². The summed E-state index contributed by atoms with van der Waals surface area (Å²) in [7, 11) is 4.70. The first-order valence-corrected chi connectivity index (χ1v) is 5.06. The molecule has 8 heteroatoms. The fourth-order valence-corrected chi connectivity index (χ4v) is 1.10. The van der Waals surface area contributed by atoms with Gasteiger partial charge in [0.15, 0.2) is 0 Å². The molecular weight excluding hydrogens is 224 g/mol. The van der Waals surface area contributed by atoms with E-state index in [1.165, 1.54) is 7.11 Å². The van der Waals surface area contributed by atoms with Gasteiger partial charge in [-0.1, -0.05) is 0 Å². The highest BCUT2D eigenvalue weighted by Crippen LogP contribution is 2.10. The molecule has 0 aliphatic heterocycles. The number of likely N-dealkylation sites (N-methyl/N-ethyl adjacent to an activating group) is 1. The molecule has 1 aromatic heterocycles. The molecule has 1 aromatic rings. The summed E-state index contributed by atoms with van der Waals surface area (Å²) in [6, 6.07) is -0.271. The van der Waals surface area contributed by atoms with Crippen molar-refractivity contribution in [3.8, 4) is 6.01 Å². The molecule has 0 spiro atoms. The van der Waals surface area contributed by atoms with Gasteiger partial charge < -0.3 is 20.7 Å². The number of ether oxygens (including phenoxy) is 1. The van der Waals surface area contributed by atoms with Gasteiger partial charge in [0.2, 0.25) is 17.8 Å². The second-order valence-electron chi connectivity index (χ2n) is 3.20. The largest absolute Gasteiger partial charge is 0.467 e. The van der Waals surface area contributed by atoms with Gasteiger partial charge in [0.1, 0.15) is 6.04 Å². The molecule has 1 atom stereocenters. The summed E-state index contributed by atoms with van der Waals surface area (Å²) in [5, 5.41) is 8.15. The van der Waals surface area contributed by atoms with Crippen molar-refractivity contribution < 1.29 is 9.53 Å². The van der Waals surface area contributed by atoms with Crippen LogP contribution in [0.3, 0.4) is 0 Å². The summed E-state index contributed by atoms with van der Waals surface area (Å²) >= 11 is 0. The number of methoxy groups -OCH3 is 1. The molecule has 17 heavy (non-hydrogen) atoms. The van der Waals surface area contributed by atoms with Gasteiger partial charge in [0.25, 0.3) is 0 Å². The molecule has 0 saturated heterocycles. The SMILES string of the molecule is CNC(=O)C(C)Nc1nc(NC)nc(OC)n1. The van der Waals surface area contributed by atoms with Crippen LogP contribution in [0.15, 0.2) is 0 Å². The van der Waals surface area contributed by atoms with Crippen LogP contribution in [0.2, 0.25) is 0 Å². The zero-order chi connectivity index (χ0) is 12.8. The normalized spacial score (nSPS) is 11.5. The first-order valence-electron chi connectivity index (χ1n) is 5.06. The van der Waals surface area contributed by atoms with Crippen LogP contribution in [-0.2, 0) is 4.79 Å². The molecule has 0 aliphatic rings. The lowest BCUT2D eigenvalue weighted by Gasteiger charge is -2.12. The highest BCUT2D eigenvalue weighted by Gasteiger charge is 2.13. The Balaban J connectivity index is 2.86. The van der Waals surface area contributed by atoms with Crippen molar-refractivity contribution in [3.05, 3.63) is 0 Å². The molecule has 1 rings (SSSR count). The van der Waals surface area contributed by atoms with E-state index >= 15 is 0 Å². The van der Waals surface area contributed by atoms with Crippen molar-refractivity contribution in [2.24, 2.45) is 0 Å². The first-order chi connectivity index (χ1) is 8.10. The molecule has 0 fully saturated rings. The molecule has 0 bridgehead atoms. The standard InChI is InChI=1S/C9H16N6O2/c1-5(6(16)10-2)12-8-13-7(11-3)14-9(15-8)17-4/h5H,1-4H3,(H,10,16)(H2,11,12,13,14,15). The van der Waals surface area contributed by atoms with Crippen molar-refractivity contribution in [1.82, 2.24) is 20.3 Å². The maximum atomic E-state index is 11.3. The Hall–Kier alpha value is -2.12. The molecule has 0 aromatic carbocycles. The molecule has 94 valence electrons. The summed E-state index contributed by atoms with van der Waals surface area (Å²) < 4.78 is 4.92. The number of amides is 1. The number of nitrogens with zero attached hydrogens (tertiary/aromatic N) is 3. The first kappa shape index (κ1) is 12.9. The lowest BCUT2D eigenvalue weighted by Crippen LogP contribution is -2.35. The third-order valence-electron chi connectivity index (χ3n) is 2.01. The quantitative estimate of drug-likeness (QED) is 0.635. The van der Waals surface area contributed by atoms with Crippen LogP contribution in [0, 0.1) is 0 Å². The van der Waals surface area contributed by atoms with Gasteiger partial charge in [-0.2, -0.15) is 15.0 Å². The highest BCUT2D eigenvalue weighted by atomic mass is 16.5. The Bertz CT molecular complexity index is 375.